The highest BCUT2D eigenvalue weighted by Gasteiger charge is 2.23. The molecular weight excluding hydrogens is 483 g/mol. The standard InChI is InChI=1S/C20H32N6O2.HI/c1-14(2)24-20(28)25-17-8-6-15(7-9-17)12-23-19(22-3)26-10-4-5-16(13-26)11-18(21)27;/h6-9,14,16H,4-5,10-13H2,1-3H3,(H2,21,27)(H,22,23)(H2,24,25,28);1H. The molecule has 0 bridgehead atoms. The van der Waals surface area contributed by atoms with Gasteiger partial charge in [-0.3, -0.25) is 9.79 Å². The third-order valence-corrected chi connectivity index (χ3v) is 4.60. The monoisotopic (exact) mass is 516 g/mol. The third kappa shape index (κ3) is 8.88. The Morgan fingerprint density at radius 3 is 2.55 bits per heavy atom. The average Bonchev–Trinajstić information content (AvgIpc) is 2.62. The van der Waals surface area contributed by atoms with Gasteiger partial charge < -0.3 is 26.6 Å². The predicted molar refractivity (Wildman–Crippen MR) is 127 cm³/mol. The van der Waals surface area contributed by atoms with Crippen LogP contribution in [0.15, 0.2) is 29.3 Å². The number of nitrogens with two attached hydrogens (primary N) is 1. The van der Waals surface area contributed by atoms with Crippen molar-refractivity contribution in [2.24, 2.45) is 16.6 Å². The maximum absolute atomic E-state index is 11.7. The number of benzene rings is 1. The second-order valence-corrected chi connectivity index (χ2v) is 7.48. The molecule has 3 amide bonds. The molecule has 29 heavy (non-hydrogen) atoms. The van der Waals surface area contributed by atoms with Gasteiger partial charge in [0.05, 0.1) is 0 Å². The lowest BCUT2D eigenvalue weighted by Gasteiger charge is -2.34. The van der Waals surface area contributed by atoms with Gasteiger partial charge in [-0.2, -0.15) is 0 Å². The van der Waals surface area contributed by atoms with Crippen LogP contribution in [0.3, 0.4) is 0 Å². The minimum atomic E-state index is -0.245. The maximum Gasteiger partial charge on any atom is 0.319 e. The Hall–Kier alpha value is -2.04. The van der Waals surface area contributed by atoms with E-state index in [4.69, 9.17) is 5.73 Å². The van der Waals surface area contributed by atoms with E-state index in [1.807, 2.05) is 38.1 Å². The van der Waals surface area contributed by atoms with Crippen LogP contribution in [0.1, 0.15) is 38.7 Å². The number of nitrogens with one attached hydrogen (secondary N) is 3. The number of primary amides is 1. The molecule has 9 heteroatoms. The normalized spacial score (nSPS) is 16.8. The van der Waals surface area contributed by atoms with E-state index in [-0.39, 0.29) is 47.9 Å². The molecule has 8 nitrogen and oxygen atoms in total. The Morgan fingerprint density at radius 1 is 1.28 bits per heavy atom. The number of hydrogen-bond acceptors (Lipinski definition) is 3. The van der Waals surface area contributed by atoms with Crippen LogP contribution in [0.4, 0.5) is 10.5 Å². The summed E-state index contributed by atoms with van der Waals surface area (Å²) < 4.78 is 0. The molecule has 162 valence electrons. The minimum absolute atomic E-state index is 0. The minimum Gasteiger partial charge on any atom is -0.370 e. The molecule has 1 unspecified atom stereocenters. The van der Waals surface area contributed by atoms with Crippen molar-refractivity contribution in [2.75, 3.05) is 25.5 Å². The van der Waals surface area contributed by atoms with Gasteiger partial charge in [0.25, 0.3) is 0 Å². The van der Waals surface area contributed by atoms with Gasteiger partial charge in [-0.1, -0.05) is 12.1 Å². The second kappa shape index (κ2) is 12.5. The van der Waals surface area contributed by atoms with Crippen LogP contribution < -0.4 is 21.7 Å². The molecule has 1 aromatic rings. The van der Waals surface area contributed by atoms with E-state index in [1.165, 1.54) is 0 Å². The van der Waals surface area contributed by atoms with Crippen molar-refractivity contribution in [2.45, 2.75) is 45.7 Å². The second-order valence-electron chi connectivity index (χ2n) is 7.48. The number of likely N-dealkylation sites (tertiary alicyclic amines) is 1. The van der Waals surface area contributed by atoms with Crippen LogP contribution >= 0.6 is 24.0 Å². The molecule has 0 saturated carbocycles. The molecule has 1 aliphatic rings. The first kappa shape index (κ1) is 25.0. The fraction of sp³-hybridized carbons (Fsp3) is 0.550. The lowest BCUT2D eigenvalue weighted by Crippen LogP contribution is -2.46. The highest BCUT2D eigenvalue weighted by atomic mass is 127. The number of urea groups is 1. The number of aliphatic imine (C=N–C) groups is 1. The van der Waals surface area contributed by atoms with Gasteiger partial charge in [0.2, 0.25) is 5.91 Å². The van der Waals surface area contributed by atoms with E-state index in [2.05, 4.69) is 25.8 Å². The number of amides is 3. The van der Waals surface area contributed by atoms with Crippen LogP contribution in [0, 0.1) is 5.92 Å². The molecule has 0 spiro atoms. The summed E-state index contributed by atoms with van der Waals surface area (Å²) >= 11 is 0. The number of guanidine groups is 1. The van der Waals surface area contributed by atoms with Crippen LogP contribution in [0.5, 0.6) is 0 Å². The number of rotatable bonds is 6. The smallest absolute Gasteiger partial charge is 0.319 e. The van der Waals surface area contributed by atoms with Crippen LogP contribution in [-0.2, 0) is 11.3 Å². The molecule has 1 saturated heterocycles. The predicted octanol–water partition coefficient (Wildman–Crippen LogP) is 2.50. The molecular formula is C20H33IN6O2. The van der Waals surface area contributed by atoms with Gasteiger partial charge in [0, 0.05) is 44.8 Å². The Bertz CT molecular complexity index is 693. The van der Waals surface area contributed by atoms with Crippen molar-refractivity contribution < 1.29 is 9.59 Å². The summed E-state index contributed by atoms with van der Waals surface area (Å²) in [6.45, 7) is 6.17. The van der Waals surface area contributed by atoms with Crippen LogP contribution in [-0.4, -0.2) is 49.0 Å². The maximum atomic E-state index is 11.7. The molecule has 0 radical (unpaired) electrons. The van der Waals surface area contributed by atoms with Gasteiger partial charge in [-0.05, 0) is 50.3 Å². The van der Waals surface area contributed by atoms with Gasteiger partial charge >= 0.3 is 6.03 Å². The zero-order valence-electron chi connectivity index (χ0n) is 17.4. The Morgan fingerprint density at radius 2 is 1.97 bits per heavy atom. The fourth-order valence-corrected chi connectivity index (χ4v) is 3.36. The Kier molecular flexibility index (Phi) is 10.8. The summed E-state index contributed by atoms with van der Waals surface area (Å²) in [4.78, 5) is 29.5. The topological polar surface area (TPSA) is 112 Å². The van der Waals surface area contributed by atoms with E-state index in [1.54, 1.807) is 7.05 Å². The van der Waals surface area contributed by atoms with Crippen molar-refractivity contribution in [3.8, 4) is 0 Å². The largest absolute Gasteiger partial charge is 0.370 e. The van der Waals surface area contributed by atoms with Crippen molar-refractivity contribution in [1.82, 2.24) is 15.5 Å². The molecule has 1 aromatic carbocycles. The van der Waals surface area contributed by atoms with Crippen LogP contribution in [0.25, 0.3) is 0 Å². The average molecular weight is 516 g/mol. The molecule has 1 fully saturated rings. The van der Waals surface area contributed by atoms with Gasteiger partial charge in [-0.15, -0.1) is 24.0 Å². The first-order valence-corrected chi connectivity index (χ1v) is 9.77. The Labute approximate surface area is 190 Å². The highest BCUT2D eigenvalue weighted by molar-refractivity contribution is 14.0. The van der Waals surface area contributed by atoms with E-state index in [0.29, 0.717) is 13.0 Å². The number of carbonyl (C=O) groups is 2. The number of hydrogen-bond donors (Lipinski definition) is 4. The zero-order valence-corrected chi connectivity index (χ0v) is 19.7. The first-order valence-electron chi connectivity index (χ1n) is 9.77. The summed E-state index contributed by atoms with van der Waals surface area (Å²) in [6.07, 6.45) is 2.47. The number of carbonyl (C=O) groups excluding carboxylic acids is 2. The SMILES string of the molecule is CN=C(NCc1ccc(NC(=O)NC(C)C)cc1)N1CCCC(CC(N)=O)C1.I. The molecule has 1 aliphatic heterocycles. The number of piperidine rings is 1. The fourth-order valence-electron chi connectivity index (χ4n) is 3.36. The van der Waals surface area contributed by atoms with Crippen molar-refractivity contribution in [1.29, 1.82) is 0 Å². The molecule has 0 aliphatic carbocycles. The summed E-state index contributed by atoms with van der Waals surface area (Å²) in [5, 5.41) is 8.98. The van der Waals surface area contributed by atoms with E-state index in [9.17, 15) is 9.59 Å². The van der Waals surface area contributed by atoms with E-state index < -0.39 is 0 Å². The zero-order chi connectivity index (χ0) is 20.5. The van der Waals surface area contributed by atoms with Crippen molar-refractivity contribution in [3.05, 3.63) is 29.8 Å². The van der Waals surface area contributed by atoms with Gasteiger partial charge in [-0.25, -0.2) is 4.79 Å². The molecule has 2 rings (SSSR count). The Balaban J connectivity index is 0.00000420. The third-order valence-electron chi connectivity index (χ3n) is 4.60. The van der Waals surface area contributed by atoms with Crippen LogP contribution in [0.2, 0.25) is 0 Å². The van der Waals surface area contributed by atoms with Gasteiger partial charge in [0.1, 0.15) is 0 Å². The van der Waals surface area contributed by atoms with Gasteiger partial charge in [0.15, 0.2) is 5.96 Å². The number of anilines is 1. The lowest BCUT2D eigenvalue weighted by molar-refractivity contribution is -0.119. The number of nitrogens with zero attached hydrogens (tertiary/aromatic N) is 2. The van der Waals surface area contributed by atoms with E-state index in [0.717, 1.165) is 43.1 Å². The lowest BCUT2D eigenvalue weighted by atomic mass is 9.95. The summed E-state index contributed by atoms with van der Waals surface area (Å²) in [6, 6.07) is 7.58. The number of halogens is 1. The summed E-state index contributed by atoms with van der Waals surface area (Å²) in [7, 11) is 1.76. The quantitative estimate of drug-likeness (QED) is 0.265. The van der Waals surface area contributed by atoms with Crippen molar-refractivity contribution >= 4 is 47.6 Å². The summed E-state index contributed by atoms with van der Waals surface area (Å²) in [5.41, 5.74) is 7.18. The summed E-state index contributed by atoms with van der Waals surface area (Å²) in [5.74, 6) is 0.866. The van der Waals surface area contributed by atoms with Crippen molar-refractivity contribution in [3.63, 3.8) is 0 Å². The first-order chi connectivity index (χ1) is 13.4. The van der Waals surface area contributed by atoms with E-state index >= 15 is 0 Å². The molecule has 5 N–H and O–H groups in total. The molecule has 1 heterocycles. The molecule has 0 aromatic heterocycles. The highest BCUT2D eigenvalue weighted by Crippen LogP contribution is 2.19. The molecule has 1 atom stereocenters.